The van der Waals surface area contributed by atoms with Crippen LogP contribution in [-0.4, -0.2) is 53.5 Å². The average molecular weight is 400 g/mol. The maximum atomic E-state index is 13.5. The summed E-state index contributed by atoms with van der Waals surface area (Å²) in [5.74, 6) is -0.0241. The second-order valence-electron chi connectivity index (χ2n) is 6.59. The molecule has 0 bridgehead atoms. The predicted molar refractivity (Wildman–Crippen MR) is 111 cm³/mol. The molecule has 0 amide bonds. The molecule has 146 valence electrons. The number of anilines is 2. The fourth-order valence-electron chi connectivity index (χ4n) is 3.34. The highest BCUT2D eigenvalue weighted by Gasteiger charge is 2.22. The van der Waals surface area contributed by atoms with Gasteiger partial charge in [0.2, 0.25) is 5.95 Å². The monoisotopic (exact) mass is 400 g/mol. The fraction of sp³-hybridized carbons (Fsp3) is 0.316. The number of benzene rings is 1. The molecule has 2 aliphatic heterocycles. The lowest BCUT2D eigenvalue weighted by molar-refractivity contribution is 0.316. The summed E-state index contributed by atoms with van der Waals surface area (Å²) < 4.78 is 19.0. The number of pyridine rings is 1. The van der Waals surface area contributed by atoms with Gasteiger partial charge in [0.25, 0.3) is 0 Å². The van der Waals surface area contributed by atoms with Gasteiger partial charge in [0.05, 0.1) is 23.7 Å². The summed E-state index contributed by atoms with van der Waals surface area (Å²) in [6.45, 7) is 3.63. The molecule has 9 heteroatoms. The van der Waals surface area contributed by atoms with Gasteiger partial charge < -0.3 is 20.3 Å². The number of ether oxygens (including phenoxy) is 1. The van der Waals surface area contributed by atoms with Gasteiger partial charge in [0.1, 0.15) is 11.4 Å². The normalized spacial score (nSPS) is 17.8. The van der Waals surface area contributed by atoms with Crippen LogP contribution in [0, 0.1) is 5.95 Å². The molecule has 3 heterocycles. The van der Waals surface area contributed by atoms with Crippen molar-refractivity contribution in [3.05, 3.63) is 48.0 Å². The summed E-state index contributed by atoms with van der Waals surface area (Å²) >= 11 is 5.49. The number of aromatic nitrogens is 1. The summed E-state index contributed by atoms with van der Waals surface area (Å²) in [5.41, 5.74) is 11.9. The van der Waals surface area contributed by atoms with Crippen LogP contribution in [0.4, 0.5) is 15.8 Å². The zero-order chi connectivity index (χ0) is 19.5. The molecular weight excluding hydrogens is 379 g/mol. The molecule has 1 fully saturated rings. The highest BCUT2D eigenvalue weighted by molar-refractivity contribution is 7.80. The van der Waals surface area contributed by atoms with Crippen molar-refractivity contribution in [2.24, 2.45) is 5.10 Å². The minimum atomic E-state index is -0.559. The van der Waals surface area contributed by atoms with Crippen LogP contribution >= 0.6 is 12.2 Å². The number of para-hydroxylation sites is 2. The molecule has 28 heavy (non-hydrogen) atoms. The summed E-state index contributed by atoms with van der Waals surface area (Å²) in [6, 6.07) is 10.7. The number of piperazine rings is 1. The number of nitrogens with two attached hydrogens (primary N) is 1. The van der Waals surface area contributed by atoms with Gasteiger partial charge in [-0.2, -0.15) is 9.49 Å². The van der Waals surface area contributed by atoms with Crippen LogP contribution in [-0.2, 0) is 0 Å². The molecule has 0 unspecified atom stereocenters. The first-order valence-electron chi connectivity index (χ1n) is 9.12. The molecular formula is C19H21FN6OS. The third-order valence-corrected chi connectivity index (χ3v) is 5.17. The van der Waals surface area contributed by atoms with E-state index in [0.717, 1.165) is 37.6 Å². The summed E-state index contributed by atoms with van der Waals surface area (Å²) in [4.78, 5) is 8.22. The van der Waals surface area contributed by atoms with Crippen molar-refractivity contribution in [2.75, 3.05) is 43.4 Å². The standard InChI is InChI=1S/C19H21FN6OS/c20-17-6-5-16-18(22-17)14(7-12-27-16)23-24-19(28)26-10-8-25(9-11-26)15-4-2-1-3-13(15)21/h1-6H,7-12,21H2,(H,24,28)/b23-14-. The zero-order valence-electron chi connectivity index (χ0n) is 15.3. The van der Waals surface area contributed by atoms with E-state index in [-0.39, 0.29) is 0 Å². The average Bonchev–Trinajstić information content (AvgIpc) is 2.72. The highest BCUT2D eigenvalue weighted by atomic mass is 32.1. The molecule has 2 aromatic rings. The first-order chi connectivity index (χ1) is 13.6. The van der Waals surface area contributed by atoms with Gasteiger partial charge in [-0.15, -0.1) is 0 Å². The molecule has 1 saturated heterocycles. The van der Waals surface area contributed by atoms with Crippen molar-refractivity contribution < 1.29 is 9.13 Å². The lowest BCUT2D eigenvalue weighted by atomic mass is 10.1. The zero-order valence-corrected chi connectivity index (χ0v) is 16.1. The number of thiocarbonyl (C=S) groups is 1. The lowest BCUT2D eigenvalue weighted by Crippen LogP contribution is -2.51. The Bertz CT molecular complexity index is 913. The minimum absolute atomic E-state index is 0.422. The minimum Gasteiger partial charge on any atom is -0.491 e. The highest BCUT2D eigenvalue weighted by Crippen LogP contribution is 2.24. The molecule has 0 radical (unpaired) electrons. The maximum absolute atomic E-state index is 13.5. The third kappa shape index (κ3) is 3.84. The number of rotatable bonds is 2. The molecule has 0 saturated carbocycles. The first kappa shape index (κ1) is 18.4. The Labute approximate surface area is 168 Å². The third-order valence-electron chi connectivity index (χ3n) is 4.82. The van der Waals surface area contributed by atoms with Gasteiger partial charge in [0.15, 0.2) is 5.11 Å². The van der Waals surface area contributed by atoms with E-state index >= 15 is 0 Å². The Morgan fingerprint density at radius 1 is 1.18 bits per heavy atom. The van der Waals surface area contributed by atoms with Crippen molar-refractivity contribution in [1.82, 2.24) is 15.3 Å². The quantitative estimate of drug-likeness (QED) is 0.345. The van der Waals surface area contributed by atoms with Crippen LogP contribution in [0.3, 0.4) is 0 Å². The van der Waals surface area contributed by atoms with Crippen molar-refractivity contribution in [1.29, 1.82) is 0 Å². The number of halogens is 1. The van der Waals surface area contributed by atoms with Crippen LogP contribution < -0.4 is 20.8 Å². The van der Waals surface area contributed by atoms with Crippen LogP contribution in [0.1, 0.15) is 12.1 Å². The Kier molecular flexibility index (Phi) is 5.25. The topological polar surface area (TPSA) is 79.0 Å². The first-order valence-corrected chi connectivity index (χ1v) is 9.53. The summed E-state index contributed by atoms with van der Waals surface area (Å²) in [7, 11) is 0. The number of fused-ring (bicyclic) bond motifs is 1. The molecule has 4 rings (SSSR count). The van der Waals surface area contributed by atoms with Crippen molar-refractivity contribution in [3.8, 4) is 5.75 Å². The number of nitrogens with one attached hydrogen (secondary N) is 1. The van der Waals surface area contributed by atoms with E-state index in [1.807, 2.05) is 24.3 Å². The van der Waals surface area contributed by atoms with Crippen LogP contribution in [0.15, 0.2) is 41.5 Å². The molecule has 3 N–H and O–H groups in total. The van der Waals surface area contributed by atoms with E-state index in [1.54, 1.807) is 6.07 Å². The smallest absolute Gasteiger partial charge is 0.213 e. The Hall–Kier alpha value is -2.94. The fourth-order valence-corrected chi connectivity index (χ4v) is 3.57. The second kappa shape index (κ2) is 7.97. The largest absolute Gasteiger partial charge is 0.491 e. The SMILES string of the molecule is Nc1ccccc1N1CCN(C(=S)N/N=C2/CCOc3ccc(F)nc32)CC1. The predicted octanol–water partition coefficient (Wildman–Crippen LogP) is 1.99. The molecule has 1 aromatic heterocycles. The number of hydrogen-bond donors (Lipinski definition) is 2. The van der Waals surface area contributed by atoms with E-state index in [0.29, 0.717) is 35.3 Å². The molecule has 0 atom stereocenters. The van der Waals surface area contributed by atoms with Crippen LogP contribution in [0.25, 0.3) is 0 Å². The number of nitrogen functional groups attached to an aromatic ring is 1. The lowest BCUT2D eigenvalue weighted by Gasteiger charge is -2.37. The molecule has 7 nitrogen and oxygen atoms in total. The molecule has 0 aliphatic carbocycles. The van der Waals surface area contributed by atoms with Crippen molar-refractivity contribution in [2.45, 2.75) is 6.42 Å². The molecule has 0 spiro atoms. The second-order valence-corrected chi connectivity index (χ2v) is 6.97. The van der Waals surface area contributed by atoms with Gasteiger partial charge in [-0.25, -0.2) is 4.98 Å². The van der Waals surface area contributed by atoms with E-state index < -0.39 is 5.95 Å². The summed E-state index contributed by atoms with van der Waals surface area (Å²) in [5, 5.41) is 4.91. The van der Waals surface area contributed by atoms with E-state index in [4.69, 9.17) is 22.7 Å². The van der Waals surface area contributed by atoms with E-state index in [9.17, 15) is 4.39 Å². The van der Waals surface area contributed by atoms with Gasteiger partial charge in [-0.3, -0.25) is 5.43 Å². The number of hydrogen-bond acceptors (Lipinski definition) is 6. The Balaban J connectivity index is 1.38. The van der Waals surface area contributed by atoms with E-state index in [2.05, 4.69) is 25.3 Å². The summed E-state index contributed by atoms with van der Waals surface area (Å²) in [6.07, 6.45) is 0.542. The Morgan fingerprint density at radius 3 is 2.75 bits per heavy atom. The van der Waals surface area contributed by atoms with Crippen LogP contribution in [0.5, 0.6) is 5.75 Å². The van der Waals surface area contributed by atoms with Crippen molar-refractivity contribution >= 4 is 34.4 Å². The maximum Gasteiger partial charge on any atom is 0.213 e. The number of hydrazone groups is 1. The van der Waals surface area contributed by atoms with Gasteiger partial charge in [-0.05, 0) is 36.5 Å². The van der Waals surface area contributed by atoms with E-state index in [1.165, 1.54) is 6.07 Å². The van der Waals surface area contributed by atoms with Crippen LogP contribution in [0.2, 0.25) is 0 Å². The Morgan fingerprint density at radius 2 is 1.96 bits per heavy atom. The molecule has 2 aliphatic rings. The van der Waals surface area contributed by atoms with Gasteiger partial charge in [0, 0.05) is 32.6 Å². The number of nitrogens with zero attached hydrogens (tertiary/aromatic N) is 4. The van der Waals surface area contributed by atoms with Gasteiger partial charge in [-0.1, -0.05) is 12.1 Å². The van der Waals surface area contributed by atoms with Crippen molar-refractivity contribution in [3.63, 3.8) is 0 Å². The van der Waals surface area contributed by atoms with Gasteiger partial charge >= 0.3 is 0 Å². The molecule has 1 aromatic carbocycles.